The monoisotopic (exact) mass is 354 g/mol. The molecule has 6 nitrogen and oxygen atoms in total. The van der Waals surface area contributed by atoms with Gasteiger partial charge in [-0.2, -0.15) is 0 Å². The topological polar surface area (TPSA) is 75.6 Å². The van der Waals surface area contributed by atoms with Gasteiger partial charge in [-0.25, -0.2) is 4.98 Å². The van der Waals surface area contributed by atoms with E-state index in [1.165, 1.54) is 7.11 Å². The lowest BCUT2D eigenvalue weighted by Gasteiger charge is -2.10. The van der Waals surface area contributed by atoms with Gasteiger partial charge in [0, 0.05) is 37.9 Å². The number of aliphatic imine (C=N–C) groups is 1. The zero-order valence-electron chi connectivity index (χ0n) is 15.1. The van der Waals surface area contributed by atoms with Crippen LogP contribution in [-0.4, -0.2) is 43.7 Å². The van der Waals surface area contributed by atoms with Gasteiger partial charge in [0.25, 0.3) is 0 Å². The number of methoxy groups -OCH3 is 1. The van der Waals surface area contributed by atoms with E-state index >= 15 is 0 Å². The molecule has 136 valence electrons. The number of hydrogen-bond donors (Lipinski definition) is 2. The molecule has 1 heterocycles. The largest absolute Gasteiger partial charge is 0.469 e. The Balaban J connectivity index is 2.16. The highest BCUT2D eigenvalue weighted by Gasteiger charge is 2.01. The molecule has 0 aliphatic carbocycles. The van der Waals surface area contributed by atoms with E-state index in [-0.39, 0.29) is 5.97 Å². The van der Waals surface area contributed by atoms with Crippen molar-refractivity contribution in [1.82, 2.24) is 15.6 Å². The Morgan fingerprint density at radius 2 is 2.08 bits per heavy atom. The Kier molecular flexibility index (Phi) is 10.8. The molecule has 0 aliphatic heterocycles. The van der Waals surface area contributed by atoms with Crippen LogP contribution in [0.4, 0.5) is 0 Å². The highest BCUT2D eigenvalue weighted by molar-refractivity contribution is 7.09. The first-order chi connectivity index (χ1) is 11.7. The summed E-state index contributed by atoms with van der Waals surface area (Å²) in [6.45, 7) is 6.56. The summed E-state index contributed by atoms with van der Waals surface area (Å²) < 4.78 is 4.63. The van der Waals surface area contributed by atoms with Crippen molar-refractivity contribution < 1.29 is 9.53 Å². The minimum Gasteiger partial charge on any atom is -0.469 e. The highest BCUT2D eigenvalue weighted by atomic mass is 32.1. The summed E-state index contributed by atoms with van der Waals surface area (Å²) in [6, 6.07) is 0. The van der Waals surface area contributed by atoms with Crippen molar-refractivity contribution in [3.05, 3.63) is 16.1 Å². The number of nitrogens with one attached hydrogen (secondary N) is 2. The van der Waals surface area contributed by atoms with Crippen LogP contribution in [0, 0.1) is 6.92 Å². The van der Waals surface area contributed by atoms with E-state index in [2.05, 4.69) is 37.7 Å². The smallest absolute Gasteiger partial charge is 0.305 e. The van der Waals surface area contributed by atoms with Crippen LogP contribution in [0.3, 0.4) is 0 Å². The third-order valence-electron chi connectivity index (χ3n) is 3.47. The lowest BCUT2D eigenvalue weighted by molar-refractivity contribution is -0.140. The van der Waals surface area contributed by atoms with E-state index < -0.39 is 0 Å². The summed E-state index contributed by atoms with van der Waals surface area (Å²) >= 11 is 1.69. The van der Waals surface area contributed by atoms with Crippen LogP contribution in [-0.2, 0) is 16.0 Å². The number of hydrogen-bond acceptors (Lipinski definition) is 5. The molecule has 0 saturated heterocycles. The molecule has 0 aliphatic rings. The van der Waals surface area contributed by atoms with Crippen LogP contribution in [0.1, 0.15) is 49.7 Å². The lowest BCUT2D eigenvalue weighted by atomic mass is 10.1. The van der Waals surface area contributed by atoms with Crippen LogP contribution in [0.2, 0.25) is 0 Å². The number of unbranched alkanes of at least 4 members (excludes halogenated alkanes) is 3. The maximum Gasteiger partial charge on any atom is 0.305 e. The van der Waals surface area contributed by atoms with Crippen LogP contribution in [0.5, 0.6) is 0 Å². The lowest BCUT2D eigenvalue weighted by Crippen LogP contribution is -2.38. The minimum absolute atomic E-state index is 0.123. The molecular weight excluding hydrogens is 324 g/mol. The normalized spacial score (nSPS) is 11.4. The predicted molar refractivity (Wildman–Crippen MR) is 99.6 cm³/mol. The number of thiazole rings is 1. The first-order valence-corrected chi connectivity index (χ1v) is 9.53. The minimum atomic E-state index is -0.123. The molecule has 0 spiro atoms. The van der Waals surface area contributed by atoms with E-state index in [9.17, 15) is 4.79 Å². The number of esters is 1. The predicted octanol–water partition coefficient (Wildman–Crippen LogP) is 2.67. The van der Waals surface area contributed by atoms with Crippen molar-refractivity contribution in [2.75, 3.05) is 26.7 Å². The molecule has 1 aromatic heterocycles. The second kappa shape index (κ2) is 12.8. The van der Waals surface area contributed by atoms with Crippen LogP contribution in [0.25, 0.3) is 0 Å². The first kappa shape index (κ1) is 20.4. The summed E-state index contributed by atoms with van der Waals surface area (Å²) in [5, 5.41) is 9.82. The van der Waals surface area contributed by atoms with Gasteiger partial charge in [-0.05, 0) is 26.7 Å². The third-order valence-corrected chi connectivity index (χ3v) is 4.29. The summed E-state index contributed by atoms with van der Waals surface area (Å²) in [7, 11) is 1.43. The zero-order valence-corrected chi connectivity index (χ0v) is 15.9. The van der Waals surface area contributed by atoms with Crippen molar-refractivity contribution in [2.45, 2.75) is 52.4 Å². The number of aromatic nitrogens is 1. The third kappa shape index (κ3) is 9.50. The molecule has 24 heavy (non-hydrogen) atoms. The number of ether oxygens (including phenoxy) is 1. The van der Waals surface area contributed by atoms with Gasteiger partial charge >= 0.3 is 5.97 Å². The van der Waals surface area contributed by atoms with Gasteiger partial charge < -0.3 is 15.4 Å². The molecule has 0 saturated carbocycles. The van der Waals surface area contributed by atoms with Crippen molar-refractivity contribution in [1.29, 1.82) is 0 Å². The fraction of sp³-hybridized carbons (Fsp3) is 0.706. The average Bonchev–Trinajstić information content (AvgIpc) is 2.98. The molecule has 7 heteroatoms. The quantitative estimate of drug-likeness (QED) is 0.277. The summed E-state index contributed by atoms with van der Waals surface area (Å²) in [4.78, 5) is 20.0. The summed E-state index contributed by atoms with van der Waals surface area (Å²) in [5.41, 5.74) is 1.13. The molecule has 2 N–H and O–H groups in total. The van der Waals surface area contributed by atoms with Crippen LogP contribution in [0.15, 0.2) is 10.4 Å². The van der Waals surface area contributed by atoms with E-state index in [0.29, 0.717) is 6.42 Å². The second-order valence-electron chi connectivity index (χ2n) is 5.54. The first-order valence-electron chi connectivity index (χ1n) is 8.65. The average molecular weight is 355 g/mol. The van der Waals surface area contributed by atoms with Crippen molar-refractivity contribution >= 4 is 23.3 Å². The Morgan fingerprint density at radius 1 is 1.29 bits per heavy atom. The molecular formula is C17H30N4O2S. The van der Waals surface area contributed by atoms with Crippen molar-refractivity contribution in [2.24, 2.45) is 4.99 Å². The number of carbonyl (C=O) groups is 1. The Morgan fingerprint density at radius 3 is 2.75 bits per heavy atom. The van der Waals surface area contributed by atoms with E-state index in [1.807, 2.05) is 6.92 Å². The Bertz CT molecular complexity index is 503. The number of aryl methyl sites for hydroxylation is 1. The van der Waals surface area contributed by atoms with Crippen LogP contribution >= 0.6 is 11.3 Å². The second-order valence-corrected chi connectivity index (χ2v) is 6.60. The fourth-order valence-corrected chi connectivity index (χ4v) is 2.85. The summed E-state index contributed by atoms with van der Waals surface area (Å²) in [5.74, 6) is 0.737. The van der Waals surface area contributed by atoms with Gasteiger partial charge in [-0.15, -0.1) is 11.3 Å². The van der Waals surface area contributed by atoms with Gasteiger partial charge in [0.2, 0.25) is 0 Å². The highest BCUT2D eigenvalue weighted by Crippen LogP contribution is 2.07. The SMILES string of the molecule is CCNC(=NCCCCCCC(=O)OC)NCCc1csc(C)n1. The Labute approximate surface area is 149 Å². The molecule has 1 rings (SSSR count). The van der Waals surface area contributed by atoms with Gasteiger partial charge in [0.1, 0.15) is 0 Å². The van der Waals surface area contributed by atoms with Crippen LogP contribution < -0.4 is 10.6 Å². The van der Waals surface area contributed by atoms with Gasteiger partial charge in [-0.3, -0.25) is 9.79 Å². The van der Waals surface area contributed by atoms with Gasteiger partial charge in [-0.1, -0.05) is 12.8 Å². The molecule has 0 unspecified atom stereocenters. The number of carbonyl (C=O) groups excluding carboxylic acids is 1. The van der Waals surface area contributed by atoms with Gasteiger partial charge in [0.05, 0.1) is 17.8 Å². The van der Waals surface area contributed by atoms with E-state index in [1.54, 1.807) is 11.3 Å². The summed E-state index contributed by atoms with van der Waals surface area (Å²) in [6.07, 6.45) is 5.46. The molecule has 0 radical (unpaired) electrons. The van der Waals surface area contributed by atoms with E-state index in [4.69, 9.17) is 0 Å². The van der Waals surface area contributed by atoms with Crippen molar-refractivity contribution in [3.8, 4) is 0 Å². The number of guanidine groups is 1. The fourth-order valence-electron chi connectivity index (χ4n) is 2.20. The maximum absolute atomic E-state index is 11.0. The molecule has 1 aromatic rings. The molecule has 0 bridgehead atoms. The van der Waals surface area contributed by atoms with Gasteiger partial charge in [0.15, 0.2) is 5.96 Å². The maximum atomic E-state index is 11.0. The molecule has 0 fully saturated rings. The van der Waals surface area contributed by atoms with E-state index in [0.717, 1.165) is 68.4 Å². The van der Waals surface area contributed by atoms with Crippen molar-refractivity contribution in [3.63, 3.8) is 0 Å². The molecule has 0 aromatic carbocycles. The number of rotatable bonds is 11. The number of nitrogens with zero attached hydrogens (tertiary/aromatic N) is 2. The zero-order chi connectivity index (χ0) is 17.6. The Hall–Kier alpha value is -1.63. The standard InChI is InChI=1S/C17H30N4O2S/c1-4-18-17(20-12-10-15-13-24-14(2)21-15)19-11-8-6-5-7-9-16(22)23-3/h13H,4-12H2,1-3H3,(H2,18,19,20). The molecule has 0 amide bonds. The molecule has 0 atom stereocenters.